The first-order valence-electron chi connectivity index (χ1n) is 6.42. The van der Waals surface area contributed by atoms with Crippen molar-refractivity contribution in [1.82, 2.24) is 15.1 Å². The van der Waals surface area contributed by atoms with Crippen LogP contribution in [0.25, 0.3) is 11.3 Å². The van der Waals surface area contributed by atoms with Crippen LogP contribution in [-0.4, -0.2) is 35.9 Å². The molecule has 116 valence electrons. The van der Waals surface area contributed by atoms with E-state index in [-0.39, 0.29) is 27.9 Å². The number of carbonyl (C=O) groups is 1. The van der Waals surface area contributed by atoms with Gasteiger partial charge in [0.05, 0.1) is 22.2 Å². The topological polar surface area (TPSA) is 101 Å². The van der Waals surface area contributed by atoms with Crippen LogP contribution in [0.2, 0.25) is 5.02 Å². The van der Waals surface area contributed by atoms with Crippen molar-refractivity contribution in [2.75, 3.05) is 6.54 Å². The van der Waals surface area contributed by atoms with Gasteiger partial charge in [-0.3, -0.25) is 4.68 Å². The molecule has 0 fully saturated rings. The molecule has 2 aromatic rings. The number of aromatic nitrogens is 2. The summed E-state index contributed by atoms with van der Waals surface area (Å²) in [5, 5.41) is 15.3. The Kier molecular flexibility index (Phi) is 3.37. The average molecular weight is 342 g/mol. The molecule has 0 saturated carbocycles. The quantitative estimate of drug-likeness (QED) is 0.758. The molecule has 2 N–H and O–H groups in total. The molecule has 3 rings (SSSR count). The van der Waals surface area contributed by atoms with Crippen LogP contribution < -0.4 is 5.32 Å². The number of nitrogens with zero attached hydrogens (tertiary/aromatic N) is 2. The van der Waals surface area contributed by atoms with Crippen molar-refractivity contribution in [2.24, 2.45) is 0 Å². The highest BCUT2D eigenvalue weighted by Crippen LogP contribution is 2.46. The largest absolute Gasteiger partial charge is 0.465 e. The Morgan fingerprint density at radius 1 is 1.41 bits per heavy atom. The maximum absolute atomic E-state index is 12.7. The number of hydrogen-bond donors (Lipinski definition) is 2. The van der Waals surface area contributed by atoms with Gasteiger partial charge in [-0.15, -0.1) is 0 Å². The number of sulfone groups is 1. The second-order valence-corrected chi connectivity index (χ2v) is 7.07. The van der Waals surface area contributed by atoms with Gasteiger partial charge in [0.2, 0.25) is 9.84 Å². The molecule has 0 atom stereocenters. The van der Waals surface area contributed by atoms with E-state index < -0.39 is 15.9 Å². The van der Waals surface area contributed by atoms with E-state index in [9.17, 15) is 13.2 Å². The van der Waals surface area contributed by atoms with Crippen LogP contribution in [0, 0.1) is 6.92 Å². The van der Waals surface area contributed by atoms with Gasteiger partial charge in [-0.05, 0) is 13.0 Å². The van der Waals surface area contributed by atoms with Crippen molar-refractivity contribution in [3.63, 3.8) is 0 Å². The molecule has 0 spiro atoms. The van der Waals surface area contributed by atoms with Gasteiger partial charge in [-0.2, -0.15) is 5.10 Å². The van der Waals surface area contributed by atoms with E-state index in [1.807, 2.05) is 0 Å². The molecular weight excluding hydrogens is 330 g/mol. The molecule has 0 radical (unpaired) electrons. The zero-order valence-electron chi connectivity index (χ0n) is 11.5. The van der Waals surface area contributed by atoms with Crippen molar-refractivity contribution in [2.45, 2.75) is 23.3 Å². The maximum atomic E-state index is 12.7. The Hall–Kier alpha value is -2.06. The summed E-state index contributed by atoms with van der Waals surface area (Å²) in [6, 6.07) is 4.87. The lowest BCUT2D eigenvalue weighted by atomic mass is 10.1. The van der Waals surface area contributed by atoms with Gasteiger partial charge >= 0.3 is 6.09 Å². The van der Waals surface area contributed by atoms with Gasteiger partial charge in [0, 0.05) is 12.1 Å². The second-order valence-electron chi connectivity index (χ2n) is 4.84. The fraction of sp³-hybridized carbons (Fsp3) is 0.231. The third-order valence-electron chi connectivity index (χ3n) is 3.51. The standard InChI is InChI=1S/C13H12ClN3O4S/c1-7-11-10(16-17(7)6-5-15-13(18)19)8-3-2-4-9(14)12(8)22(11,20)21/h2-4,15H,5-6H2,1H3,(H,18,19). The number of fused-ring (bicyclic) bond motifs is 3. The summed E-state index contributed by atoms with van der Waals surface area (Å²) in [7, 11) is -3.70. The predicted octanol–water partition coefficient (Wildman–Crippen LogP) is 1.93. The summed E-state index contributed by atoms with van der Waals surface area (Å²) in [4.78, 5) is 10.7. The second kappa shape index (κ2) is 4.99. The van der Waals surface area contributed by atoms with E-state index in [0.717, 1.165) is 0 Å². The van der Waals surface area contributed by atoms with Gasteiger partial charge in [-0.1, -0.05) is 23.7 Å². The molecule has 1 aliphatic rings. The number of halogens is 1. The van der Waals surface area contributed by atoms with E-state index in [1.54, 1.807) is 19.1 Å². The SMILES string of the molecule is Cc1c2c(nn1CCNC(=O)O)-c1cccc(Cl)c1S2(=O)=O. The minimum atomic E-state index is -3.70. The molecule has 1 aromatic heterocycles. The number of carboxylic acid groups (broad SMARTS) is 1. The van der Waals surface area contributed by atoms with Crippen LogP contribution in [0.1, 0.15) is 5.69 Å². The highest BCUT2D eigenvalue weighted by Gasteiger charge is 2.39. The average Bonchev–Trinajstić information content (AvgIpc) is 2.86. The molecule has 1 aromatic carbocycles. The van der Waals surface area contributed by atoms with E-state index in [1.165, 1.54) is 10.7 Å². The normalized spacial score (nSPS) is 14.5. The van der Waals surface area contributed by atoms with E-state index in [2.05, 4.69) is 10.4 Å². The molecule has 1 amide bonds. The number of nitrogens with one attached hydrogen (secondary N) is 1. The Bertz CT molecular complexity index is 889. The summed E-state index contributed by atoms with van der Waals surface area (Å²) < 4.78 is 26.8. The summed E-state index contributed by atoms with van der Waals surface area (Å²) in [5.74, 6) is 0. The van der Waals surface area contributed by atoms with Crippen molar-refractivity contribution in [1.29, 1.82) is 0 Å². The number of benzene rings is 1. The smallest absolute Gasteiger partial charge is 0.404 e. The number of hydrogen-bond acceptors (Lipinski definition) is 4. The predicted molar refractivity (Wildman–Crippen MR) is 78.9 cm³/mol. The first kappa shape index (κ1) is 14.9. The molecule has 9 heteroatoms. The number of amides is 1. The molecule has 22 heavy (non-hydrogen) atoms. The Morgan fingerprint density at radius 3 is 2.82 bits per heavy atom. The first-order valence-corrected chi connectivity index (χ1v) is 8.28. The summed E-state index contributed by atoms with van der Waals surface area (Å²) in [6.45, 7) is 2.03. The lowest BCUT2D eigenvalue weighted by Gasteiger charge is -2.07. The van der Waals surface area contributed by atoms with Gasteiger partial charge in [-0.25, -0.2) is 13.2 Å². The van der Waals surface area contributed by atoms with Crippen LogP contribution in [0.15, 0.2) is 28.0 Å². The third-order valence-corrected chi connectivity index (χ3v) is 5.94. The van der Waals surface area contributed by atoms with Gasteiger partial charge in [0.15, 0.2) is 0 Å². The van der Waals surface area contributed by atoms with Gasteiger partial charge < -0.3 is 10.4 Å². The van der Waals surface area contributed by atoms with Crippen LogP contribution in [0.5, 0.6) is 0 Å². The third kappa shape index (κ3) is 2.06. The van der Waals surface area contributed by atoms with Crippen molar-refractivity contribution in [3.05, 3.63) is 28.9 Å². The summed E-state index contributed by atoms with van der Waals surface area (Å²) >= 11 is 6.02. The molecule has 0 unspecified atom stereocenters. The molecule has 7 nitrogen and oxygen atoms in total. The molecular formula is C13H12ClN3O4S. The van der Waals surface area contributed by atoms with Crippen molar-refractivity contribution in [3.8, 4) is 11.3 Å². The molecule has 0 saturated heterocycles. The molecule has 0 bridgehead atoms. The Morgan fingerprint density at radius 2 is 2.14 bits per heavy atom. The Labute approximate surface area is 131 Å². The van der Waals surface area contributed by atoms with Gasteiger partial charge in [0.1, 0.15) is 10.6 Å². The summed E-state index contributed by atoms with van der Waals surface area (Å²) in [6.07, 6.45) is -1.14. The van der Waals surface area contributed by atoms with Gasteiger partial charge in [0.25, 0.3) is 0 Å². The fourth-order valence-electron chi connectivity index (χ4n) is 2.58. The zero-order chi connectivity index (χ0) is 16.1. The maximum Gasteiger partial charge on any atom is 0.404 e. The molecule has 2 heterocycles. The highest BCUT2D eigenvalue weighted by molar-refractivity contribution is 7.92. The van der Waals surface area contributed by atoms with Crippen LogP contribution >= 0.6 is 11.6 Å². The van der Waals surface area contributed by atoms with Crippen molar-refractivity contribution >= 4 is 27.5 Å². The van der Waals surface area contributed by atoms with E-state index >= 15 is 0 Å². The number of rotatable bonds is 3. The summed E-state index contributed by atoms with van der Waals surface area (Å²) in [5.41, 5.74) is 1.32. The van der Waals surface area contributed by atoms with Crippen LogP contribution in [0.4, 0.5) is 4.79 Å². The van der Waals surface area contributed by atoms with E-state index in [0.29, 0.717) is 17.0 Å². The zero-order valence-corrected chi connectivity index (χ0v) is 13.1. The van der Waals surface area contributed by atoms with E-state index in [4.69, 9.17) is 16.7 Å². The van der Waals surface area contributed by atoms with Crippen molar-refractivity contribution < 1.29 is 18.3 Å². The Balaban J connectivity index is 2.09. The molecule has 1 aliphatic heterocycles. The molecule has 0 aliphatic carbocycles. The van der Waals surface area contributed by atoms with Crippen LogP contribution in [0.3, 0.4) is 0 Å². The highest BCUT2D eigenvalue weighted by atomic mass is 35.5. The lowest BCUT2D eigenvalue weighted by Crippen LogP contribution is -2.26. The van der Waals surface area contributed by atoms with Crippen LogP contribution in [-0.2, 0) is 16.4 Å². The minimum Gasteiger partial charge on any atom is -0.465 e. The first-order chi connectivity index (χ1) is 10.3. The fourth-order valence-corrected chi connectivity index (χ4v) is 4.95. The lowest BCUT2D eigenvalue weighted by molar-refractivity contribution is 0.194. The monoisotopic (exact) mass is 341 g/mol. The minimum absolute atomic E-state index is 0.0908.